The van der Waals surface area contributed by atoms with E-state index in [4.69, 9.17) is 0 Å². The van der Waals surface area contributed by atoms with Crippen molar-refractivity contribution in [2.75, 3.05) is 0 Å². The molecule has 3 N–H and O–H groups in total. The molecule has 0 aliphatic carbocycles. The molecular formula is C24H15N3. The Hall–Kier alpha value is -3.72. The van der Waals surface area contributed by atoms with Crippen LogP contribution < -0.4 is 0 Å². The molecule has 27 heavy (non-hydrogen) atoms. The third-order valence-corrected chi connectivity index (χ3v) is 5.88. The fraction of sp³-hybridized carbons (Fsp3) is 0. The molecule has 0 spiro atoms. The van der Waals surface area contributed by atoms with Gasteiger partial charge in [-0.1, -0.05) is 48.5 Å². The number of nitrogens with one attached hydrogen (secondary N) is 3. The van der Waals surface area contributed by atoms with E-state index in [2.05, 4.69) is 87.7 Å². The zero-order chi connectivity index (χ0) is 17.5. The normalized spacial score (nSPS) is 12.4. The minimum absolute atomic E-state index is 1.16. The van der Waals surface area contributed by atoms with Crippen LogP contribution >= 0.6 is 0 Å². The fourth-order valence-electron chi connectivity index (χ4n) is 4.71. The molecule has 0 fully saturated rings. The summed E-state index contributed by atoms with van der Waals surface area (Å²) < 4.78 is 0. The van der Waals surface area contributed by atoms with Gasteiger partial charge in [-0.25, -0.2) is 0 Å². The summed E-state index contributed by atoms with van der Waals surface area (Å²) in [4.78, 5) is 10.9. The third kappa shape index (κ3) is 1.57. The second kappa shape index (κ2) is 4.51. The topological polar surface area (TPSA) is 47.4 Å². The molecule has 3 heteroatoms. The van der Waals surface area contributed by atoms with Crippen molar-refractivity contribution >= 4 is 65.4 Å². The number of para-hydroxylation sites is 2. The van der Waals surface area contributed by atoms with Gasteiger partial charge in [-0.15, -0.1) is 0 Å². The largest absolute Gasteiger partial charge is 0.354 e. The quantitative estimate of drug-likeness (QED) is 0.278. The van der Waals surface area contributed by atoms with Gasteiger partial charge in [0.2, 0.25) is 0 Å². The van der Waals surface area contributed by atoms with Crippen LogP contribution in [0, 0.1) is 0 Å². The van der Waals surface area contributed by atoms with E-state index >= 15 is 0 Å². The maximum absolute atomic E-state index is 3.66. The minimum Gasteiger partial charge on any atom is -0.354 e. The molecule has 0 amide bonds. The molecular weight excluding hydrogens is 330 g/mol. The monoisotopic (exact) mass is 345 g/mol. The van der Waals surface area contributed by atoms with Gasteiger partial charge in [0.25, 0.3) is 0 Å². The van der Waals surface area contributed by atoms with Gasteiger partial charge in [-0.05, 0) is 24.3 Å². The zero-order valence-corrected chi connectivity index (χ0v) is 14.4. The van der Waals surface area contributed by atoms with Gasteiger partial charge in [0, 0.05) is 54.4 Å². The van der Waals surface area contributed by atoms with Crippen molar-refractivity contribution in [3.8, 4) is 0 Å². The number of benzene rings is 4. The average molecular weight is 345 g/mol. The standard InChI is InChI=1S/C24H15N3/c1-3-7-17-13(5-1)15-9-11-19-21(23(15)26-17)22-20(25-19)12-10-16-14-6-2-4-8-18(14)27-24(16)22/h1-12,25-27H. The summed E-state index contributed by atoms with van der Waals surface area (Å²) in [6.45, 7) is 0. The summed E-state index contributed by atoms with van der Waals surface area (Å²) in [5.74, 6) is 0. The van der Waals surface area contributed by atoms with E-state index in [1.807, 2.05) is 0 Å². The Balaban J connectivity index is 1.81. The number of aromatic nitrogens is 3. The molecule has 7 rings (SSSR count). The zero-order valence-electron chi connectivity index (χ0n) is 14.4. The van der Waals surface area contributed by atoms with Crippen molar-refractivity contribution in [3.05, 3.63) is 72.8 Å². The molecule has 0 saturated heterocycles. The number of H-pyrrole nitrogens is 3. The number of hydrogen-bond acceptors (Lipinski definition) is 0. The summed E-state index contributed by atoms with van der Waals surface area (Å²) >= 11 is 0. The molecule has 126 valence electrons. The maximum Gasteiger partial charge on any atom is 0.0567 e. The van der Waals surface area contributed by atoms with Crippen molar-refractivity contribution in [1.29, 1.82) is 0 Å². The van der Waals surface area contributed by atoms with Crippen molar-refractivity contribution in [3.63, 3.8) is 0 Å². The first-order valence-corrected chi connectivity index (χ1v) is 9.23. The van der Waals surface area contributed by atoms with Crippen LogP contribution in [-0.4, -0.2) is 15.0 Å². The molecule has 3 nitrogen and oxygen atoms in total. The molecule has 0 radical (unpaired) electrons. The van der Waals surface area contributed by atoms with Gasteiger partial charge in [-0.3, -0.25) is 0 Å². The summed E-state index contributed by atoms with van der Waals surface area (Å²) in [5, 5.41) is 7.60. The predicted molar refractivity (Wildman–Crippen MR) is 115 cm³/mol. The van der Waals surface area contributed by atoms with E-state index in [9.17, 15) is 0 Å². The third-order valence-electron chi connectivity index (χ3n) is 5.88. The number of hydrogen-bond donors (Lipinski definition) is 3. The molecule has 3 aromatic heterocycles. The average Bonchev–Trinajstić information content (AvgIpc) is 3.37. The Morgan fingerprint density at radius 3 is 1.37 bits per heavy atom. The van der Waals surface area contributed by atoms with E-state index in [0.29, 0.717) is 0 Å². The van der Waals surface area contributed by atoms with Crippen LogP contribution in [0.3, 0.4) is 0 Å². The van der Waals surface area contributed by atoms with Crippen LogP contribution in [0.2, 0.25) is 0 Å². The number of aromatic amines is 3. The van der Waals surface area contributed by atoms with Gasteiger partial charge < -0.3 is 15.0 Å². The Labute approximate surface area is 153 Å². The second-order valence-electron chi connectivity index (χ2n) is 7.29. The van der Waals surface area contributed by atoms with Crippen molar-refractivity contribution < 1.29 is 0 Å². The lowest BCUT2D eigenvalue weighted by atomic mass is 10.1. The highest BCUT2D eigenvalue weighted by atomic mass is 14.8. The molecule has 0 aliphatic heterocycles. The Bertz CT molecular complexity index is 1550. The first-order valence-electron chi connectivity index (χ1n) is 9.23. The van der Waals surface area contributed by atoms with Gasteiger partial charge in [0.05, 0.1) is 11.0 Å². The van der Waals surface area contributed by atoms with Crippen LogP contribution in [0.4, 0.5) is 0 Å². The van der Waals surface area contributed by atoms with E-state index < -0.39 is 0 Å². The lowest BCUT2D eigenvalue weighted by Gasteiger charge is -1.97. The predicted octanol–water partition coefficient (Wildman–Crippen LogP) is 6.59. The first kappa shape index (κ1) is 13.5. The molecule has 0 saturated carbocycles. The summed E-state index contributed by atoms with van der Waals surface area (Å²) in [7, 11) is 0. The van der Waals surface area contributed by atoms with Crippen LogP contribution in [0.15, 0.2) is 72.8 Å². The van der Waals surface area contributed by atoms with Crippen LogP contribution in [0.1, 0.15) is 0 Å². The SMILES string of the molecule is c1ccc2c(c1)[nH]c1c2ccc2[nH]c3ccc4c5ccccc5[nH]c4c3c21. The van der Waals surface area contributed by atoms with E-state index in [1.54, 1.807) is 0 Å². The number of fused-ring (bicyclic) bond motifs is 11. The first-order chi connectivity index (χ1) is 13.4. The fourth-order valence-corrected chi connectivity index (χ4v) is 4.71. The highest BCUT2D eigenvalue weighted by molar-refractivity contribution is 6.31. The molecule has 4 aromatic carbocycles. The van der Waals surface area contributed by atoms with Gasteiger partial charge in [0.1, 0.15) is 0 Å². The molecule has 3 heterocycles. The summed E-state index contributed by atoms with van der Waals surface area (Å²) in [6.07, 6.45) is 0. The van der Waals surface area contributed by atoms with Crippen molar-refractivity contribution in [2.24, 2.45) is 0 Å². The highest BCUT2D eigenvalue weighted by Crippen LogP contribution is 2.39. The van der Waals surface area contributed by atoms with Gasteiger partial charge >= 0.3 is 0 Å². The Morgan fingerprint density at radius 1 is 0.370 bits per heavy atom. The summed E-state index contributed by atoms with van der Waals surface area (Å²) in [5.41, 5.74) is 7.08. The van der Waals surface area contributed by atoms with Crippen LogP contribution in [-0.2, 0) is 0 Å². The molecule has 0 bridgehead atoms. The van der Waals surface area contributed by atoms with E-state index in [1.165, 1.54) is 54.4 Å². The van der Waals surface area contributed by atoms with Crippen LogP contribution in [0.5, 0.6) is 0 Å². The number of rotatable bonds is 0. The molecule has 0 unspecified atom stereocenters. The highest BCUT2D eigenvalue weighted by Gasteiger charge is 2.16. The Morgan fingerprint density at radius 2 is 0.852 bits per heavy atom. The van der Waals surface area contributed by atoms with Crippen molar-refractivity contribution in [1.82, 2.24) is 15.0 Å². The minimum atomic E-state index is 1.16. The maximum atomic E-state index is 3.66. The van der Waals surface area contributed by atoms with E-state index in [0.717, 1.165) is 11.0 Å². The molecule has 7 aromatic rings. The smallest absolute Gasteiger partial charge is 0.0567 e. The molecule has 0 atom stereocenters. The molecule has 0 aliphatic rings. The lowest BCUT2D eigenvalue weighted by molar-refractivity contribution is 1.54. The second-order valence-corrected chi connectivity index (χ2v) is 7.29. The van der Waals surface area contributed by atoms with Crippen molar-refractivity contribution in [2.45, 2.75) is 0 Å². The van der Waals surface area contributed by atoms with Gasteiger partial charge in [-0.2, -0.15) is 0 Å². The van der Waals surface area contributed by atoms with E-state index in [-0.39, 0.29) is 0 Å². The van der Waals surface area contributed by atoms with Crippen LogP contribution in [0.25, 0.3) is 65.4 Å². The Kier molecular flexibility index (Phi) is 2.25. The summed E-state index contributed by atoms with van der Waals surface area (Å²) in [6, 6.07) is 25.9. The lowest BCUT2D eigenvalue weighted by Crippen LogP contribution is -1.74. The van der Waals surface area contributed by atoms with Gasteiger partial charge in [0.15, 0.2) is 0 Å².